The van der Waals surface area contributed by atoms with Crippen LogP contribution < -0.4 is 15.4 Å². The number of ether oxygens (including phenoxy) is 1. The van der Waals surface area contributed by atoms with E-state index >= 15 is 0 Å². The molecule has 6 heteroatoms. The van der Waals surface area contributed by atoms with E-state index in [1.54, 1.807) is 24.3 Å². The Balaban J connectivity index is 1.64. The van der Waals surface area contributed by atoms with Crippen LogP contribution >= 0.6 is 15.9 Å². The first-order valence-electron chi connectivity index (χ1n) is 10.4. The van der Waals surface area contributed by atoms with Crippen LogP contribution in [0.5, 0.6) is 5.75 Å². The van der Waals surface area contributed by atoms with Crippen LogP contribution in [0.2, 0.25) is 0 Å². The van der Waals surface area contributed by atoms with Crippen molar-refractivity contribution in [2.45, 2.75) is 32.7 Å². The van der Waals surface area contributed by atoms with Gasteiger partial charge in [0.15, 0.2) is 6.61 Å². The fourth-order valence-corrected chi connectivity index (χ4v) is 3.57. The molecule has 2 N–H and O–H groups in total. The summed E-state index contributed by atoms with van der Waals surface area (Å²) in [5, 5.41) is 5.69. The Morgan fingerprint density at radius 1 is 0.938 bits per heavy atom. The summed E-state index contributed by atoms with van der Waals surface area (Å²) in [6.45, 7) is 6.51. The molecule has 166 valence electrons. The Labute approximate surface area is 197 Å². The molecule has 0 aliphatic rings. The van der Waals surface area contributed by atoms with Gasteiger partial charge in [0, 0.05) is 16.6 Å². The molecule has 0 aromatic heterocycles. The van der Waals surface area contributed by atoms with Gasteiger partial charge >= 0.3 is 0 Å². The van der Waals surface area contributed by atoms with Crippen LogP contribution in [0, 0.1) is 0 Å². The first-order chi connectivity index (χ1) is 15.2. The SMILES string of the molecule is CC(C)(C)c1cc(Br)ccc1OCC(=O)Nc1ccccc1C(=O)NCc1ccccc1. The minimum absolute atomic E-state index is 0.140. The van der Waals surface area contributed by atoms with Gasteiger partial charge in [-0.25, -0.2) is 0 Å². The van der Waals surface area contributed by atoms with Crippen LogP contribution in [0.25, 0.3) is 0 Å². The monoisotopic (exact) mass is 494 g/mol. The summed E-state index contributed by atoms with van der Waals surface area (Å²) >= 11 is 3.49. The molecule has 0 saturated carbocycles. The molecular formula is C26H27BrN2O3. The van der Waals surface area contributed by atoms with Crippen molar-refractivity contribution >= 4 is 33.4 Å². The molecule has 5 nitrogen and oxygen atoms in total. The fraction of sp³-hybridized carbons (Fsp3) is 0.231. The van der Waals surface area contributed by atoms with E-state index in [2.05, 4.69) is 47.3 Å². The van der Waals surface area contributed by atoms with E-state index in [4.69, 9.17) is 4.74 Å². The number of carbonyl (C=O) groups excluding carboxylic acids is 2. The summed E-state index contributed by atoms with van der Waals surface area (Å²) in [5.41, 5.74) is 2.70. The summed E-state index contributed by atoms with van der Waals surface area (Å²) in [6, 6.07) is 22.3. The quantitative estimate of drug-likeness (QED) is 0.442. The topological polar surface area (TPSA) is 67.4 Å². The molecule has 0 fully saturated rings. The van der Waals surface area contributed by atoms with Crippen LogP contribution in [0.15, 0.2) is 77.3 Å². The van der Waals surface area contributed by atoms with Crippen LogP contribution in [-0.2, 0) is 16.8 Å². The molecule has 0 saturated heterocycles. The van der Waals surface area contributed by atoms with Gasteiger partial charge in [0.05, 0.1) is 11.3 Å². The summed E-state index contributed by atoms with van der Waals surface area (Å²) in [5.74, 6) is 0.0643. The number of hydrogen-bond acceptors (Lipinski definition) is 3. The standard InChI is InChI=1S/C26H27BrN2O3/c1-26(2,3)21-15-19(27)13-14-23(21)32-17-24(30)29-22-12-8-7-11-20(22)25(31)28-16-18-9-5-4-6-10-18/h4-15H,16-17H2,1-3H3,(H,28,31)(H,29,30). The number of halogens is 1. The largest absolute Gasteiger partial charge is 0.483 e. The number of para-hydroxylation sites is 1. The molecule has 0 radical (unpaired) electrons. The average molecular weight is 495 g/mol. The third kappa shape index (κ3) is 6.44. The highest BCUT2D eigenvalue weighted by Gasteiger charge is 2.20. The fourth-order valence-electron chi connectivity index (χ4n) is 3.21. The maximum atomic E-state index is 12.7. The summed E-state index contributed by atoms with van der Waals surface area (Å²) in [6.07, 6.45) is 0. The van der Waals surface area contributed by atoms with Gasteiger partial charge in [-0.3, -0.25) is 9.59 Å². The van der Waals surface area contributed by atoms with Crippen LogP contribution in [0.1, 0.15) is 42.3 Å². The molecule has 0 unspecified atom stereocenters. The van der Waals surface area contributed by atoms with Crippen molar-refractivity contribution in [2.75, 3.05) is 11.9 Å². The molecular weight excluding hydrogens is 468 g/mol. The highest BCUT2D eigenvalue weighted by atomic mass is 79.9. The number of amides is 2. The van der Waals surface area contributed by atoms with Gasteiger partial charge in [-0.05, 0) is 41.3 Å². The maximum absolute atomic E-state index is 12.7. The predicted molar refractivity (Wildman–Crippen MR) is 131 cm³/mol. The van der Waals surface area contributed by atoms with Crippen molar-refractivity contribution in [1.82, 2.24) is 5.32 Å². The summed E-state index contributed by atoms with van der Waals surface area (Å²) in [7, 11) is 0. The second kappa shape index (κ2) is 10.5. The lowest BCUT2D eigenvalue weighted by molar-refractivity contribution is -0.118. The van der Waals surface area contributed by atoms with Gasteiger partial charge < -0.3 is 15.4 Å². The van der Waals surface area contributed by atoms with E-state index in [9.17, 15) is 9.59 Å². The molecule has 3 aromatic carbocycles. The molecule has 3 rings (SSSR count). The predicted octanol–water partition coefficient (Wildman–Crippen LogP) is 5.69. The number of rotatable bonds is 7. The van der Waals surface area contributed by atoms with Crippen LogP contribution in [0.4, 0.5) is 5.69 Å². The van der Waals surface area contributed by atoms with E-state index in [1.807, 2.05) is 48.5 Å². The number of anilines is 1. The number of hydrogen-bond donors (Lipinski definition) is 2. The van der Waals surface area contributed by atoms with Gasteiger partial charge in [0.25, 0.3) is 11.8 Å². The Bertz CT molecular complexity index is 1090. The van der Waals surface area contributed by atoms with Crippen molar-refractivity contribution < 1.29 is 14.3 Å². The van der Waals surface area contributed by atoms with Crippen molar-refractivity contribution in [2.24, 2.45) is 0 Å². The minimum atomic E-state index is -0.337. The van der Waals surface area contributed by atoms with Gasteiger partial charge in [0.2, 0.25) is 0 Å². The van der Waals surface area contributed by atoms with Crippen molar-refractivity contribution in [3.63, 3.8) is 0 Å². The van der Waals surface area contributed by atoms with E-state index in [1.165, 1.54) is 0 Å². The van der Waals surface area contributed by atoms with Gasteiger partial charge in [0.1, 0.15) is 5.75 Å². The molecule has 0 aliphatic heterocycles. The normalized spacial score (nSPS) is 11.0. The third-order valence-electron chi connectivity index (χ3n) is 4.85. The molecule has 0 spiro atoms. The van der Waals surface area contributed by atoms with Crippen molar-refractivity contribution in [1.29, 1.82) is 0 Å². The van der Waals surface area contributed by atoms with Gasteiger partial charge in [-0.1, -0.05) is 79.2 Å². The zero-order valence-electron chi connectivity index (χ0n) is 18.4. The second-order valence-corrected chi connectivity index (χ2v) is 9.36. The van der Waals surface area contributed by atoms with E-state index in [0.717, 1.165) is 15.6 Å². The van der Waals surface area contributed by atoms with Crippen LogP contribution in [0.3, 0.4) is 0 Å². The Morgan fingerprint density at radius 2 is 1.62 bits per heavy atom. The Kier molecular flexibility index (Phi) is 7.70. The third-order valence-corrected chi connectivity index (χ3v) is 5.34. The second-order valence-electron chi connectivity index (χ2n) is 8.44. The zero-order chi connectivity index (χ0) is 23.1. The molecule has 2 amide bonds. The summed E-state index contributed by atoms with van der Waals surface area (Å²) < 4.78 is 6.78. The number of nitrogens with one attached hydrogen (secondary N) is 2. The molecule has 32 heavy (non-hydrogen) atoms. The smallest absolute Gasteiger partial charge is 0.262 e. The van der Waals surface area contributed by atoms with E-state index < -0.39 is 0 Å². The summed E-state index contributed by atoms with van der Waals surface area (Å²) in [4.78, 5) is 25.3. The first kappa shape index (κ1) is 23.5. The average Bonchev–Trinajstić information content (AvgIpc) is 2.77. The molecule has 0 atom stereocenters. The zero-order valence-corrected chi connectivity index (χ0v) is 20.0. The van der Waals surface area contributed by atoms with E-state index in [0.29, 0.717) is 23.5 Å². The van der Waals surface area contributed by atoms with Crippen molar-refractivity contribution in [3.8, 4) is 5.75 Å². The van der Waals surface area contributed by atoms with Crippen molar-refractivity contribution in [3.05, 3.63) is 94.0 Å². The van der Waals surface area contributed by atoms with Gasteiger partial charge in [-0.2, -0.15) is 0 Å². The lowest BCUT2D eigenvalue weighted by Gasteiger charge is -2.23. The maximum Gasteiger partial charge on any atom is 0.262 e. The lowest BCUT2D eigenvalue weighted by atomic mass is 9.86. The molecule has 0 bridgehead atoms. The molecule has 3 aromatic rings. The Morgan fingerprint density at radius 3 is 2.34 bits per heavy atom. The van der Waals surface area contributed by atoms with E-state index in [-0.39, 0.29) is 23.8 Å². The lowest BCUT2D eigenvalue weighted by Crippen LogP contribution is -2.26. The highest BCUT2D eigenvalue weighted by Crippen LogP contribution is 2.33. The highest BCUT2D eigenvalue weighted by molar-refractivity contribution is 9.10. The minimum Gasteiger partial charge on any atom is -0.483 e. The number of benzene rings is 3. The molecule has 0 heterocycles. The Hall–Kier alpha value is -3.12. The van der Waals surface area contributed by atoms with Crippen LogP contribution in [-0.4, -0.2) is 18.4 Å². The molecule has 0 aliphatic carbocycles. The first-order valence-corrected chi connectivity index (χ1v) is 11.2. The van der Waals surface area contributed by atoms with Gasteiger partial charge in [-0.15, -0.1) is 0 Å². The number of carbonyl (C=O) groups is 2.